The van der Waals surface area contributed by atoms with Crippen molar-refractivity contribution >= 4 is 17.5 Å². The van der Waals surface area contributed by atoms with Gasteiger partial charge in [0.05, 0.1) is 13.0 Å². The van der Waals surface area contributed by atoms with Gasteiger partial charge in [-0.3, -0.25) is 14.4 Å². The minimum Gasteiger partial charge on any atom is -0.497 e. The van der Waals surface area contributed by atoms with Crippen LogP contribution in [0.5, 0.6) is 5.75 Å². The minimum atomic E-state index is -0.581. The largest absolute Gasteiger partial charge is 0.497 e. The zero-order chi connectivity index (χ0) is 18.7. The summed E-state index contributed by atoms with van der Waals surface area (Å²) < 4.78 is 5.21. The molecule has 136 valence electrons. The second-order valence-electron chi connectivity index (χ2n) is 6.12. The van der Waals surface area contributed by atoms with Crippen molar-refractivity contribution in [1.82, 2.24) is 15.3 Å². The van der Waals surface area contributed by atoms with Gasteiger partial charge in [-0.1, -0.05) is 0 Å². The number of amides is 2. The number of nitrogens with one attached hydrogen (secondary N) is 3. The van der Waals surface area contributed by atoms with E-state index in [2.05, 4.69) is 20.6 Å². The number of nitrogens with zero attached hydrogens (tertiary/aromatic N) is 1. The van der Waals surface area contributed by atoms with Gasteiger partial charge in [0.25, 0.3) is 5.56 Å². The van der Waals surface area contributed by atoms with Crippen LogP contribution in [0.15, 0.2) is 29.1 Å². The molecule has 2 amide bonds. The van der Waals surface area contributed by atoms with Crippen molar-refractivity contribution in [2.45, 2.75) is 25.7 Å². The van der Waals surface area contributed by atoms with Crippen LogP contribution in [0.2, 0.25) is 0 Å². The van der Waals surface area contributed by atoms with Gasteiger partial charge in [0.2, 0.25) is 11.8 Å². The SMILES string of the molecule is COc1ccc2c(c1)[C@@H](C(=O)NCCc1cc(=O)[nH]c(C)n1)CC(=O)N2. The molecule has 0 radical (unpaired) electrons. The Hall–Kier alpha value is -3.16. The number of benzene rings is 1. The van der Waals surface area contributed by atoms with Crippen LogP contribution in [0.1, 0.15) is 29.4 Å². The van der Waals surface area contributed by atoms with Crippen LogP contribution in [0.25, 0.3) is 0 Å². The molecule has 0 unspecified atom stereocenters. The fourth-order valence-electron chi connectivity index (χ4n) is 3.01. The number of hydrogen-bond donors (Lipinski definition) is 3. The number of anilines is 1. The molecule has 2 aromatic rings. The van der Waals surface area contributed by atoms with E-state index in [0.717, 1.165) is 5.56 Å². The highest BCUT2D eigenvalue weighted by molar-refractivity contribution is 6.01. The number of aromatic amines is 1. The first-order valence-corrected chi connectivity index (χ1v) is 8.28. The maximum atomic E-state index is 12.6. The predicted molar refractivity (Wildman–Crippen MR) is 95.3 cm³/mol. The summed E-state index contributed by atoms with van der Waals surface area (Å²) in [5.74, 6) is 0.137. The Morgan fingerprint density at radius 2 is 2.15 bits per heavy atom. The Morgan fingerprint density at radius 1 is 1.35 bits per heavy atom. The summed E-state index contributed by atoms with van der Waals surface area (Å²) in [7, 11) is 1.55. The van der Waals surface area contributed by atoms with E-state index < -0.39 is 5.92 Å². The smallest absolute Gasteiger partial charge is 0.251 e. The van der Waals surface area contributed by atoms with E-state index in [1.165, 1.54) is 6.07 Å². The normalized spacial score (nSPS) is 15.8. The molecule has 0 aliphatic carbocycles. The zero-order valence-corrected chi connectivity index (χ0v) is 14.6. The van der Waals surface area contributed by atoms with Crippen molar-refractivity contribution in [3.05, 3.63) is 51.7 Å². The summed E-state index contributed by atoms with van der Waals surface area (Å²) in [5, 5.41) is 5.59. The molecule has 8 nitrogen and oxygen atoms in total. The molecule has 0 bridgehead atoms. The molecule has 26 heavy (non-hydrogen) atoms. The first-order chi connectivity index (χ1) is 12.5. The van der Waals surface area contributed by atoms with Gasteiger partial charge in [0.15, 0.2) is 0 Å². The van der Waals surface area contributed by atoms with E-state index in [-0.39, 0.29) is 23.8 Å². The van der Waals surface area contributed by atoms with Crippen molar-refractivity contribution in [3.63, 3.8) is 0 Å². The molecule has 3 N–H and O–H groups in total. The molecule has 1 atom stereocenters. The highest BCUT2D eigenvalue weighted by Crippen LogP contribution is 2.34. The van der Waals surface area contributed by atoms with E-state index in [4.69, 9.17) is 4.74 Å². The molecule has 0 saturated heterocycles. The van der Waals surface area contributed by atoms with E-state index in [0.29, 0.717) is 35.9 Å². The van der Waals surface area contributed by atoms with Crippen molar-refractivity contribution in [3.8, 4) is 5.75 Å². The van der Waals surface area contributed by atoms with Crippen LogP contribution in [0.4, 0.5) is 5.69 Å². The summed E-state index contributed by atoms with van der Waals surface area (Å²) in [6.45, 7) is 2.03. The predicted octanol–water partition coefficient (Wildman–Crippen LogP) is 0.872. The quantitative estimate of drug-likeness (QED) is 0.736. The third kappa shape index (κ3) is 3.90. The topological polar surface area (TPSA) is 113 Å². The second-order valence-corrected chi connectivity index (χ2v) is 6.12. The number of rotatable bonds is 5. The van der Waals surface area contributed by atoms with Gasteiger partial charge in [-0.2, -0.15) is 0 Å². The number of carbonyl (C=O) groups is 2. The van der Waals surface area contributed by atoms with Crippen molar-refractivity contribution < 1.29 is 14.3 Å². The summed E-state index contributed by atoms with van der Waals surface area (Å²) in [6, 6.07) is 6.64. The van der Waals surface area contributed by atoms with E-state index in [1.54, 1.807) is 32.2 Å². The summed E-state index contributed by atoms with van der Waals surface area (Å²) in [4.78, 5) is 42.8. The highest BCUT2D eigenvalue weighted by Gasteiger charge is 2.30. The number of ether oxygens (including phenoxy) is 1. The molecule has 1 aliphatic rings. The average Bonchev–Trinajstić information content (AvgIpc) is 2.59. The van der Waals surface area contributed by atoms with Gasteiger partial charge in [0, 0.05) is 36.8 Å². The van der Waals surface area contributed by atoms with Gasteiger partial charge in [-0.25, -0.2) is 4.98 Å². The van der Waals surface area contributed by atoms with Gasteiger partial charge >= 0.3 is 0 Å². The Labute approximate surface area is 150 Å². The summed E-state index contributed by atoms with van der Waals surface area (Å²) in [5.41, 5.74) is 1.74. The summed E-state index contributed by atoms with van der Waals surface area (Å²) >= 11 is 0. The van der Waals surface area contributed by atoms with Crippen molar-refractivity contribution in [2.24, 2.45) is 0 Å². The lowest BCUT2D eigenvalue weighted by Gasteiger charge is -2.25. The Balaban J connectivity index is 1.70. The molecule has 0 fully saturated rings. The standard InChI is InChI=1S/C18H20N4O4/c1-10-20-11(7-16(23)21-10)5-6-19-18(25)14-9-17(24)22-15-4-3-12(26-2)8-13(14)15/h3-4,7-8,14H,5-6,9H2,1-2H3,(H,19,25)(H,22,24)(H,20,21,23)/t14-/m0/s1. The average molecular weight is 356 g/mol. The number of aryl methyl sites for hydroxylation is 1. The monoisotopic (exact) mass is 356 g/mol. The van der Waals surface area contributed by atoms with Crippen LogP contribution < -0.4 is 20.9 Å². The Kier molecular flexibility index (Phi) is 5.01. The molecule has 1 aromatic carbocycles. The van der Waals surface area contributed by atoms with E-state index in [1.807, 2.05) is 0 Å². The van der Waals surface area contributed by atoms with Gasteiger partial charge in [0.1, 0.15) is 11.6 Å². The number of fused-ring (bicyclic) bond motifs is 1. The number of aromatic nitrogens is 2. The fraction of sp³-hybridized carbons (Fsp3) is 0.333. The van der Waals surface area contributed by atoms with E-state index >= 15 is 0 Å². The molecule has 3 rings (SSSR count). The van der Waals surface area contributed by atoms with Crippen LogP contribution in [0.3, 0.4) is 0 Å². The minimum absolute atomic E-state index is 0.0777. The number of methoxy groups -OCH3 is 1. The lowest BCUT2D eigenvalue weighted by molar-refractivity contribution is -0.126. The third-order valence-electron chi connectivity index (χ3n) is 4.21. The van der Waals surface area contributed by atoms with Crippen molar-refractivity contribution in [2.75, 3.05) is 19.0 Å². The number of H-pyrrole nitrogens is 1. The second kappa shape index (κ2) is 7.38. The molecule has 8 heteroatoms. The van der Waals surface area contributed by atoms with Gasteiger partial charge < -0.3 is 20.4 Å². The molecule has 1 aromatic heterocycles. The number of carbonyl (C=O) groups excluding carboxylic acids is 2. The van der Waals surface area contributed by atoms with Crippen LogP contribution in [-0.4, -0.2) is 35.4 Å². The van der Waals surface area contributed by atoms with Gasteiger partial charge in [-0.05, 0) is 30.7 Å². The maximum Gasteiger partial charge on any atom is 0.251 e. The molecule has 0 saturated carbocycles. The molecule has 2 heterocycles. The van der Waals surface area contributed by atoms with Crippen LogP contribution in [-0.2, 0) is 16.0 Å². The fourth-order valence-corrected chi connectivity index (χ4v) is 3.01. The highest BCUT2D eigenvalue weighted by atomic mass is 16.5. The first kappa shape index (κ1) is 17.7. The molecule has 0 spiro atoms. The lowest BCUT2D eigenvalue weighted by Crippen LogP contribution is -2.36. The number of hydrogen-bond acceptors (Lipinski definition) is 5. The third-order valence-corrected chi connectivity index (χ3v) is 4.21. The Bertz CT molecular complexity index is 906. The lowest BCUT2D eigenvalue weighted by atomic mass is 9.89. The van der Waals surface area contributed by atoms with Crippen molar-refractivity contribution in [1.29, 1.82) is 0 Å². The molecular weight excluding hydrogens is 336 g/mol. The Morgan fingerprint density at radius 3 is 2.88 bits per heavy atom. The van der Waals surface area contributed by atoms with E-state index in [9.17, 15) is 14.4 Å². The summed E-state index contributed by atoms with van der Waals surface area (Å²) in [6.07, 6.45) is 0.509. The maximum absolute atomic E-state index is 12.6. The molecular formula is C18H20N4O4. The molecule has 1 aliphatic heterocycles. The first-order valence-electron chi connectivity index (χ1n) is 8.28. The van der Waals surface area contributed by atoms with Crippen LogP contribution in [0, 0.1) is 6.92 Å². The van der Waals surface area contributed by atoms with Crippen LogP contribution >= 0.6 is 0 Å². The van der Waals surface area contributed by atoms with Gasteiger partial charge in [-0.15, -0.1) is 0 Å². The zero-order valence-electron chi connectivity index (χ0n) is 14.6.